The van der Waals surface area contributed by atoms with Gasteiger partial charge in [-0.3, -0.25) is 13.9 Å². The van der Waals surface area contributed by atoms with Crippen molar-refractivity contribution in [3.8, 4) is 16.9 Å². The van der Waals surface area contributed by atoms with Crippen LogP contribution in [0.25, 0.3) is 27.8 Å². The summed E-state index contributed by atoms with van der Waals surface area (Å²) in [6.45, 7) is 4.11. The van der Waals surface area contributed by atoms with E-state index in [0.717, 1.165) is 39.5 Å². The maximum absolute atomic E-state index is 13.7. The minimum absolute atomic E-state index is 0.246. The third-order valence-corrected chi connectivity index (χ3v) is 7.03. The van der Waals surface area contributed by atoms with Gasteiger partial charge in [-0.1, -0.05) is 65.7 Å². The standard InChI is InChI=1S/C29H26N4O2/c1-17-12-14-19(15-13-17)24-27-26-23(28(34)32(4)29(35)31(26)3)25(20-9-7-8-18(2)16-20)33(27)22-11-6-5-10-21(22)30-24/h5-16,24,30H,1-4H3/t24-/m1/s1. The second-order valence-electron chi connectivity index (χ2n) is 9.37. The van der Waals surface area contributed by atoms with Crippen molar-refractivity contribution in [1.29, 1.82) is 0 Å². The van der Waals surface area contributed by atoms with Gasteiger partial charge in [0.2, 0.25) is 0 Å². The fourth-order valence-electron chi connectivity index (χ4n) is 5.29. The number of anilines is 1. The molecule has 6 rings (SSSR count). The van der Waals surface area contributed by atoms with Crippen LogP contribution in [-0.4, -0.2) is 13.7 Å². The highest BCUT2D eigenvalue weighted by Gasteiger charge is 2.34. The lowest BCUT2D eigenvalue weighted by atomic mass is 9.98. The highest BCUT2D eigenvalue weighted by atomic mass is 16.2. The Hall–Kier alpha value is -4.32. The first kappa shape index (κ1) is 21.2. The molecular weight excluding hydrogens is 436 g/mol. The predicted octanol–water partition coefficient (Wildman–Crippen LogP) is 4.83. The van der Waals surface area contributed by atoms with E-state index in [1.54, 1.807) is 18.7 Å². The lowest BCUT2D eigenvalue weighted by molar-refractivity contribution is 0.708. The molecule has 1 aliphatic rings. The number of hydrogen-bond donors (Lipinski definition) is 1. The Balaban J connectivity index is 1.86. The van der Waals surface area contributed by atoms with Gasteiger partial charge in [0.05, 0.1) is 39.7 Å². The molecule has 1 N–H and O–H groups in total. The molecule has 1 aliphatic heterocycles. The molecule has 0 saturated carbocycles. The second kappa shape index (κ2) is 7.60. The molecule has 35 heavy (non-hydrogen) atoms. The third-order valence-electron chi connectivity index (χ3n) is 7.03. The highest BCUT2D eigenvalue weighted by Crippen LogP contribution is 2.45. The van der Waals surface area contributed by atoms with Crippen LogP contribution in [0.5, 0.6) is 0 Å². The number of aromatic nitrogens is 3. The van der Waals surface area contributed by atoms with Crippen LogP contribution in [0.4, 0.5) is 5.69 Å². The van der Waals surface area contributed by atoms with Crippen LogP contribution in [-0.2, 0) is 14.1 Å². The molecule has 0 spiro atoms. The van der Waals surface area contributed by atoms with Gasteiger partial charge >= 0.3 is 5.69 Å². The van der Waals surface area contributed by atoms with Gasteiger partial charge in [0.1, 0.15) is 0 Å². The lowest BCUT2D eigenvalue weighted by Crippen LogP contribution is -2.37. The van der Waals surface area contributed by atoms with Crippen LogP contribution in [0, 0.1) is 13.8 Å². The van der Waals surface area contributed by atoms with E-state index < -0.39 is 0 Å². The van der Waals surface area contributed by atoms with Crippen molar-refractivity contribution in [1.82, 2.24) is 13.7 Å². The van der Waals surface area contributed by atoms with E-state index in [1.807, 2.05) is 37.3 Å². The van der Waals surface area contributed by atoms with Crippen LogP contribution >= 0.6 is 0 Å². The molecule has 0 fully saturated rings. The van der Waals surface area contributed by atoms with E-state index in [9.17, 15) is 9.59 Å². The van der Waals surface area contributed by atoms with Crippen molar-refractivity contribution in [3.63, 3.8) is 0 Å². The molecule has 0 saturated heterocycles. The van der Waals surface area contributed by atoms with Crippen LogP contribution in [0.2, 0.25) is 0 Å². The van der Waals surface area contributed by atoms with Crippen molar-refractivity contribution < 1.29 is 0 Å². The molecule has 6 nitrogen and oxygen atoms in total. The van der Waals surface area contributed by atoms with E-state index in [4.69, 9.17) is 0 Å². The molecule has 3 heterocycles. The first-order valence-corrected chi connectivity index (χ1v) is 11.7. The van der Waals surface area contributed by atoms with Gasteiger partial charge in [-0.25, -0.2) is 4.79 Å². The van der Waals surface area contributed by atoms with Crippen LogP contribution in [0.15, 0.2) is 82.4 Å². The normalized spacial score (nSPS) is 14.5. The number of nitrogens with zero attached hydrogens (tertiary/aromatic N) is 3. The van der Waals surface area contributed by atoms with Gasteiger partial charge in [0.15, 0.2) is 0 Å². The van der Waals surface area contributed by atoms with Crippen molar-refractivity contribution in [2.75, 3.05) is 5.32 Å². The summed E-state index contributed by atoms with van der Waals surface area (Å²) in [5.74, 6) is 0. The molecule has 6 heteroatoms. The molecule has 5 aromatic rings. The summed E-state index contributed by atoms with van der Waals surface area (Å²) < 4.78 is 4.99. The van der Waals surface area contributed by atoms with Crippen molar-refractivity contribution >= 4 is 16.6 Å². The zero-order valence-electron chi connectivity index (χ0n) is 20.2. The Kier molecular flexibility index (Phi) is 4.61. The SMILES string of the molecule is Cc1ccc([C@H]2Nc3ccccc3-n3c(-c4cccc(C)c4)c4c(=O)n(C)c(=O)n(C)c4c32)cc1. The zero-order valence-corrected chi connectivity index (χ0v) is 20.2. The number of benzene rings is 3. The molecule has 2 aromatic heterocycles. The first-order valence-electron chi connectivity index (χ1n) is 11.7. The maximum Gasteiger partial charge on any atom is 0.331 e. The van der Waals surface area contributed by atoms with Gasteiger partial charge in [-0.05, 0) is 43.2 Å². The smallest absolute Gasteiger partial charge is 0.331 e. The van der Waals surface area contributed by atoms with Crippen LogP contribution in [0.3, 0.4) is 0 Å². The molecule has 0 bridgehead atoms. The molecule has 0 unspecified atom stereocenters. The quantitative estimate of drug-likeness (QED) is 0.409. The van der Waals surface area contributed by atoms with Crippen molar-refractivity contribution in [3.05, 3.63) is 116 Å². The monoisotopic (exact) mass is 462 g/mol. The minimum atomic E-state index is -0.340. The summed E-state index contributed by atoms with van der Waals surface area (Å²) in [6, 6.07) is 24.4. The molecule has 0 aliphatic carbocycles. The summed E-state index contributed by atoms with van der Waals surface area (Å²) in [7, 11) is 3.29. The van der Waals surface area contributed by atoms with Gasteiger partial charge in [-0.15, -0.1) is 0 Å². The third kappa shape index (κ3) is 3.03. The van der Waals surface area contributed by atoms with Gasteiger partial charge in [-0.2, -0.15) is 0 Å². The number of rotatable bonds is 2. The Labute approximate surface area is 202 Å². The van der Waals surface area contributed by atoms with E-state index in [-0.39, 0.29) is 17.3 Å². The van der Waals surface area contributed by atoms with E-state index in [0.29, 0.717) is 10.9 Å². The average Bonchev–Trinajstić information content (AvgIpc) is 3.23. The predicted molar refractivity (Wildman–Crippen MR) is 141 cm³/mol. The summed E-state index contributed by atoms with van der Waals surface area (Å²) in [6.07, 6.45) is 0. The fraction of sp³-hybridized carbons (Fsp3) is 0.172. The Morgan fingerprint density at radius 1 is 0.800 bits per heavy atom. The molecule has 174 valence electrons. The summed E-state index contributed by atoms with van der Waals surface area (Å²) >= 11 is 0. The fourth-order valence-corrected chi connectivity index (χ4v) is 5.29. The van der Waals surface area contributed by atoms with Crippen molar-refractivity contribution in [2.45, 2.75) is 19.9 Å². The first-order chi connectivity index (χ1) is 16.9. The highest BCUT2D eigenvalue weighted by molar-refractivity contribution is 5.99. The van der Waals surface area contributed by atoms with Crippen molar-refractivity contribution in [2.24, 2.45) is 14.1 Å². The molecule has 0 amide bonds. The second-order valence-corrected chi connectivity index (χ2v) is 9.37. The van der Waals surface area contributed by atoms with Gasteiger partial charge in [0.25, 0.3) is 5.56 Å². The van der Waals surface area contributed by atoms with Gasteiger partial charge < -0.3 is 9.88 Å². The Bertz CT molecular complexity index is 1750. The lowest BCUT2D eigenvalue weighted by Gasteiger charge is -2.31. The number of nitrogens with one attached hydrogen (secondary N) is 1. The molecule has 1 atom stereocenters. The summed E-state index contributed by atoms with van der Waals surface area (Å²) in [5.41, 5.74) is 7.92. The minimum Gasteiger partial charge on any atom is -0.371 e. The summed E-state index contributed by atoms with van der Waals surface area (Å²) in [5, 5.41) is 4.24. The van der Waals surface area contributed by atoms with E-state index in [1.165, 1.54) is 10.1 Å². The van der Waals surface area contributed by atoms with Gasteiger partial charge in [0, 0.05) is 14.1 Å². The molecule has 3 aromatic carbocycles. The average molecular weight is 463 g/mol. The zero-order chi connectivity index (χ0) is 24.4. The van der Waals surface area contributed by atoms with Crippen LogP contribution in [0.1, 0.15) is 28.4 Å². The maximum atomic E-state index is 13.7. The number of hydrogen-bond acceptors (Lipinski definition) is 3. The summed E-state index contributed by atoms with van der Waals surface area (Å²) in [4.78, 5) is 26.8. The molecule has 0 radical (unpaired) electrons. The number of aryl methyl sites for hydroxylation is 3. The Morgan fingerprint density at radius 3 is 2.29 bits per heavy atom. The number of para-hydroxylation sites is 2. The van der Waals surface area contributed by atoms with Crippen LogP contribution < -0.4 is 16.6 Å². The Morgan fingerprint density at radius 2 is 1.54 bits per heavy atom. The topological polar surface area (TPSA) is 61.0 Å². The number of fused-ring (bicyclic) bond motifs is 5. The largest absolute Gasteiger partial charge is 0.371 e. The van der Waals surface area contributed by atoms with E-state index >= 15 is 0 Å². The van der Waals surface area contributed by atoms with E-state index in [2.05, 4.69) is 59.3 Å². The molecular formula is C29H26N4O2.